The molecule has 2 unspecified atom stereocenters. The number of nitrogens with one attached hydrogen (secondary N) is 1. The van der Waals surface area contributed by atoms with Crippen molar-refractivity contribution in [2.45, 2.75) is 45.8 Å². The molecule has 0 bridgehead atoms. The first kappa shape index (κ1) is 15.4. The highest BCUT2D eigenvalue weighted by Gasteiger charge is 2.25. The SMILES string of the molecule is CCNC(C)(C#N)CC(C)OCCOCC. The van der Waals surface area contributed by atoms with Crippen LogP contribution in [0, 0.1) is 11.3 Å². The van der Waals surface area contributed by atoms with Crippen molar-refractivity contribution in [1.29, 1.82) is 5.26 Å². The molecule has 0 aromatic heterocycles. The minimum absolute atomic E-state index is 0.0594. The van der Waals surface area contributed by atoms with Crippen molar-refractivity contribution in [2.24, 2.45) is 0 Å². The van der Waals surface area contributed by atoms with Crippen molar-refractivity contribution < 1.29 is 9.47 Å². The molecular weight excluding hydrogens is 204 g/mol. The van der Waals surface area contributed by atoms with Gasteiger partial charge in [-0.3, -0.25) is 5.32 Å². The summed E-state index contributed by atoms with van der Waals surface area (Å²) in [7, 11) is 0. The Morgan fingerprint density at radius 3 is 2.56 bits per heavy atom. The molecule has 0 aliphatic rings. The molecule has 0 aromatic rings. The summed E-state index contributed by atoms with van der Waals surface area (Å²) < 4.78 is 10.8. The van der Waals surface area contributed by atoms with Crippen LogP contribution in [0.4, 0.5) is 0 Å². The molecule has 0 radical (unpaired) electrons. The van der Waals surface area contributed by atoms with Gasteiger partial charge in [-0.15, -0.1) is 0 Å². The second-order valence-corrected chi connectivity index (χ2v) is 4.06. The first-order valence-corrected chi connectivity index (χ1v) is 5.93. The van der Waals surface area contributed by atoms with Crippen LogP contribution in [0.15, 0.2) is 0 Å². The third kappa shape index (κ3) is 6.78. The second-order valence-electron chi connectivity index (χ2n) is 4.06. The molecule has 0 amide bonds. The van der Waals surface area contributed by atoms with Gasteiger partial charge in [-0.2, -0.15) is 5.26 Å². The monoisotopic (exact) mass is 228 g/mol. The zero-order valence-electron chi connectivity index (χ0n) is 10.9. The van der Waals surface area contributed by atoms with Crippen molar-refractivity contribution in [1.82, 2.24) is 5.32 Å². The summed E-state index contributed by atoms with van der Waals surface area (Å²) in [5.74, 6) is 0. The first-order valence-electron chi connectivity index (χ1n) is 5.93. The molecule has 16 heavy (non-hydrogen) atoms. The van der Waals surface area contributed by atoms with Crippen LogP contribution in [-0.4, -0.2) is 38.0 Å². The van der Waals surface area contributed by atoms with E-state index in [0.717, 1.165) is 6.54 Å². The van der Waals surface area contributed by atoms with Crippen molar-refractivity contribution in [3.63, 3.8) is 0 Å². The molecule has 94 valence electrons. The molecule has 0 heterocycles. The third-order valence-electron chi connectivity index (χ3n) is 2.34. The Bertz CT molecular complexity index is 216. The van der Waals surface area contributed by atoms with Gasteiger partial charge < -0.3 is 9.47 Å². The lowest BCUT2D eigenvalue weighted by Crippen LogP contribution is -2.43. The third-order valence-corrected chi connectivity index (χ3v) is 2.34. The lowest BCUT2D eigenvalue weighted by Gasteiger charge is -2.26. The van der Waals surface area contributed by atoms with Crippen LogP contribution in [0.2, 0.25) is 0 Å². The van der Waals surface area contributed by atoms with Gasteiger partial charge >= 0.3 is 0 Å². The Labute approximate surface area is 98.9 Å². The Morgan fingerprint density at radius 1 is 1.38 bits per heavy atom. The summed E-state index contributed by atoms with van der Waals surface area (Å²) in [5, 5.41) is 12.3. The van der Waals surface area contributed by atoms with Crippen LogP contribution in [-0.2, 0) is 9.47 Å². The summed E-state index contributed by atoms with van der Waals surface area (Å²) in [6, 6.07) is 2.29. The van der Waals surface area contributed by atoms with E-state index in [1.807, 2.05) is 27.7 Å². The Morgan fingerprint density at radius 2 is 2.06 bits per heavy atom. The van der Waals surface area contributed by atoms with Crippen LogP contribution in [0.5, 0.6) is 0 Å². The lowest BCUT2D eigenvalue weighted by molar-refractivity contribution is 0.00524. The number of hydrogen-bond acceptors (Lipinski definition) is 4. The smallest absolute Gasteiger partial charge is 0.106 e. The summed E-state index contributed by atoms with van der Waals surface area (Å²) >= 11 is 0. The molecule has 0 spiro atoms. The average Bonchev–Trinajstić information content (AvgIpc) is 2.25. The number of rotatable bonds is 9. The molecule has 0 aliphatic heterocycles. The maximum Gasteiger partial charge on any atom is 0.106 e. The summed E-state index contributed by atoms with van der Waals surface area (Å²) in [5.41, 5.74) is -0.500. The fourth-order valence-electron chi connectivity index (χ4n) is 1.63. The van der Waals surface area contributed by atoms with Gasteiger partial charge in [0.2, 0.25) is 0 Å². The van der Waals surface area contributed by atoms with Crippen molar-refractivity contribution in [3.05, 3.63) is 0 Å². The van der Waals surface area contributed by atoms with E-state index in [1.54, 1.807) is 0 Å². The van der Waals surface area contributed by atoms with Gasteiger partial charge in [-0.25, -0.2) is 0 Å². The van der Waals surface area contributed by atoms with E-state index in [4.69, 9.17) is 14.7 Å². The van der Waals surface area contributed by atoms with E-state index in [0.29, 0.717) is 26.2 Å². The van der Waals surface area contributed by atoms with Crippen LogP contribution in [0.1, 0.15) is 34.1 Å². The van der Waals surface area contributed by atoms with Crippen molar-refractivity contribution >= 4 is 0 Å². The van der Waals surface area contributed by atoms with Crippen molar-refractivity contribution in [2.75, 3.05) is 26.4 Å². The fourth-order valence-corrected chi connectivity index (χ4v) is 1.63. The Balaban J connectivity index is 3.83. The summed E-state index contributed by atoms with van der Waals surface area (Å²) in [6.07, 6.45) is 0.743. The van der Waals surface area contributed by atoms with Gasteiger partial charge in [0.25, 0.3) is 0 Å². The van der Waals surface area contributed by atoms with Crippen LogP contribution < -0.4 is 5.32 Å². The number of hydrogen-bond donors (Lipinski definition) is 1. The average molecular weight is 228 g/mol. The highest BCUT2D eigenvalue weighted by molar-refractivity contribution is 5.04. The van der Waals surface area contributed by atoms with Gasteiger partial charge in [0, 0.05) is 13.0 Å². The molecule has 0 aromatic carbocycles. The minimum Gasteiger partial charge on any atom is -0.379 e. The highest BCUT2D eigenvalue weighted by atomic mass is 16.5. The zero-order chi connectivity index (χ0) is 12.4. The normalized spacial score (nSPS) is 16.4. The fraction of sp³-hybridized carbons (Fsp3) is 0.917. The van der Waals surface area contributed by atoms with E-state index < -0.39 is 5.54 Å². The molecule has 2 atom stereocenters. The summed E-state index contributed by atoms with van der Waals surface area (Å²) in [6.45, 7) is 10.5. The topological polar surface area (TPSA) is 54.3 Å². The largest absolute Gasteiger partial charge is 0.379 e. The number of nitrogens with zero attached hydrogens (tertiary/aromatic N) is 1. The Hall–Kier alpha value is -0.630. The van der Waals surface area contributed by atoms with E-state index in [9.17, 15) is 0 Å². The standard InChI is InChI=1S/C12H24N2O2/c1-5-14-12(4,10-13)9-11(3)16-8-7-15-6-2/h11,14H,5-9H2,1-4H3. The van der Waals surface area contributed by atoms with E-state index >= 15 is 0 Å². The number of nitriles is 1. The predicted molar refractivity (Wildman–Crippen MR) is 64.2 cm³/mol. The van der Waals surface area contributed by atoms with E-state index in [2.05, 4.69) is 11.4 Å². The van der Waals surface area contributed by atoms with Gasteiger partial charge in [-0.05, 0) is 27.3 Å². The van der Waals surface area contributed by atoms with E-state index in [1.165, 1.54) is 0 Å². The Kier molecular flexibility index (Phi) is 8.18. The molecule has 4 heteroatoms. The van der Waals surface area contributed by atoms with Gasteiger partial charge in [-0.1, -0.05) is 6.92 Å². The van der Waals surface area contributed by atoms with Crippen molar-refractivity contribution in [3.8, 4) is 6.07 Å². The second kappa shape index (κ2) is 8.51. The minimum atomic E-state index is -0.500. The maximum absolute atomic E-state index is 9.08. The van der Waals surface area contributed by atoms with Gasteiger partial charge in [0.05, 0.1) is 25.4 Å². The van der Waals surface area contributed by atoms with Crippen LogP contribution in [0.3, 0.4) is 0 Å². The van der Waals surface area contributed by atoms with E-state index in [-0.39, 0.29) is 6.10 Å². The predicted octanol–water partition coefficient (Wildman–Crippen LogP) is 1.71. The summed E-state index contributed by atoms with van der Waals surface area (Å²) in [4.78, 5) is 0. The first-order chi connectivity index (χ1) is 7.58. The molecule has 0 aliphatic carbocycles. The maximum atomic E-state index is 9.08. The molecule has 0 saturated carbocycles. The highest BCUT2D eigenvalue weighted by Crippen LogP contribution is 2.13. The number of ether oxygens (including phenoxy) is 2. The van der Waals surface area contributed by atoms with Gasteiger partial charge in [0.15, 0.2) is 0 Å². The van der Waals surface area contributed by atoms with Crippen LogP contribution in [0.25, 0.3) is 0 Å². The molecule has 0 saturated heterocycles. The molecule has 0 fully saturated rings. The molecular formula is C12H24N2O2. The molecule has 1 N–H and O–H groups in total. The van der Waals surface area contributed by atoms with Gasteiger partial charge in [0.1, 0.15) is 5.54 Å². The molecule has 4 nitrogen and oxygen atoms in total. The lowest BCUT2D eigenvalue weighted by atomic mass is 9.96. The zero-order valence-corrected chi connectivity index (χ0v) is 10.9. The quantitative estimate of drug-likeness (QED) is 0.610. The van der Waals surface area contributed by atoms with Crippen LogP contribution >= 0.6 is 0 Å². The molecule has 0 rings (SSSR count).